The van der Waals surface area contributed by atoms with Gasteiger partial charge in [-0.3, -0.25) is 0 Å². The molecule has 23 heavy (non-hydrogen) atoms. The Labute approximate surface area is 135 Å². The summed E-state index contributed by atoms with van der Waals surface area (Å²) in [5.41, 5.74) is 1.43. The van der Waals surface area contributed by atoms with Crippen LogP contribution in [-0.4, -0.2) is 23.2 Å². The first kappa shape index (κ1) is 15.8. The van der Waals surface area contributed by atoms with Crippen LogP contribution < -0.4 is 10.2 Å². The van der Waals surface area contributed by atoms with Crippen LogP contribution in [0.1, 0.15) is 44.3 Å². The number of hydrogen-bond donors (Lipinski definition) is 1. The molecule has 0 radical (unpaired) electrons. The second kappa shape index (κ2) is 7.44. The third kappa shape index (κ3) is 3.81. The summed E-state index contributed by atoms with van der Waals surface area (Å²) in [5, 5.41) is 7.09. The highest BCUT2D eigenvalue weighted by Gasteiger charge is 2.18. The molecule has 1 aliphatic heterocycles. The predicted octanol–water partition coefficient (Wildman–Crippen LogP) is 3.76. The van der Waals surface area contributed by atoms with Gasteiger partial charge in [0.1, 0.15) is 5.82 Å². The third-order valence-corrected chi connectivity index (χ3v) is 4.12. The van der Waals surface area contributed by atoms with E-state index in [2.05, 4.69) is 27.3 Å². The molecule has 0 spiro atoms. The summed E-state index contributed by atoms with van der Waals surface area (Å²) in [6.45, 7) is 4.40. The van der Waals surface area contributed by atoms with Crippen molar-refractivity contribution in [3.63, 3.8) is 0 Å². The first-order valence-electron chi connectivity index (χ1n) is 8.36. The van der Waals surface area contributed by atoms with E-state index >= 15 is 0 Å². The van der Waals surface area contributed by atoms with Crippen LogP contribution in [0.5, 0.6) is 0 Å². The predicted molar refractivity (Wildman–Crippen MR) is 88.1 cm³/mol. The highest BCUT2D eigenvalue weighted by Crippen LogP contribution is 2.31. The molecule has 1 saturated heterocycles. The Morgan fingerprint density at radius 3 is 2.91 bits per heavy atom. The first-order chi connectivity index (χ1) is 11.3. The number of nitrogens with one attached hydrogen (secondary N) is 1. The molecule has 0 amide bonds. The minimum absolute atomic E-state index is 0.250. The van der Waals surface area contributed by atoms with Crippen LogP contribution in [0, 0.1) is 5.82 Å². The van der Waals surface area contributed by atoms with Gasteiger partial charge in [0.05, 0.1) is 17.9 Å². The Bertz CT molecular complexity index is 637. The molecule has 1 N–H and O–H groups in total. The van der Waals surface area contributed by atoms with E-state index in [1.165, 1.54) is 6.07 Å². The summed E-state index contributed by atoms with van der Waals surface area (Å²) in [4.78, 5) is 6.56. The van der Waals surface area contributed by atoms with E-state index in [9.17, 15) is 4.39 Å². The molecule has 1 aliphatic rings. The van der Waals surface area contributed by atoms with Crippen molar-refractivity contribution >= 4 is 11.4 Å². The van der Waals surface area contributed by atoms with E-state index in [4.69, 9.17) is 4.52 Å². The van der Waals surface area contributed by atoms with Gasteiger partial charge < -0.3 is 14.7 Å². The van der Waals surface area contributed by atoms with Gasteiger partial charge in [-0.15, -0.1) is 0 Å². The molecule has 0 aliphatic carbocycles. The summed E-state index contributed by atoms with van der Waals surface area (Å²) in [6.07, 6.45) is 5.26. The van der Waals surface area contributed by atoms with Gasteiger partial charge in [-0.2, -0.15) is 4.98 Å². The average molecular weight is 318 g/mol. The maximum Gasteiger partial charge on any atom is 0.245 e. The van der Waals surface area contributed by atoms with Crippen LogP contribution in [0.25, 0.3) is 0 Å². The number of anilines is 2. The van der Waals surface area contributed by atoms with Gasteiger partial charge in [0.25, 0.3) is 0 Å². The van der Waals surface area contributed by atoms with Crippen molar-refractivity contribution in [3.8, 4) is 0 Å². The molecule has 6 heteroatoms. The molecule has 1 aromatic heterocycles. The Morgan fingerprint density at radius 1 is 1.30 bits per heavy atom. The fraction of sp³-hybridized carbons (Fsp3) is 0.529. The number of rotatable bonds is 7. The van der Waals surface area contributed by atoms with E-state index in [1.54, 1.807) is 6.07 Å². The number of benzene rings is 1. The van der Waals surface area contributed by atoms with Crippen LogP contribution in [0.2, 0.25) is 0 Å². The number of unbranched alkanes of at least 4 members (excludes halogenated alkanes) is 1. The zero-order chi connectivity index (χ0) is 16.1. The van der Waals surface area contributed by atoms with Crippen LogP contribution in [0.15, 0.2) is 22.7 Å². The normalized spacial score (nSPS) is 14.4. The molecular weight excluding hydrogens is 295 g/mol. The highest BCUT2D eigenvalue weighted by atomic mass is 19.1. The first-order valence-corrected chi connectivity index (χ1v) is 8.36. The van der Waals surface area contributed by atoms with Crippen LogP contribution in [0.3, 0.4) is 0 Å². The lowest BCUT2D eigenvalue weighted by molar-refractivity contribution is 0.377. The Hall–Kier alpha value is -2.11. The molecule has 0 unspecified atom stereocenters. The maximum absolute atomic E-state index is 14.2. The number of para-hydroxylation sites is 1. The molecule has 124 valence electrons. The molecular formula is C17H23FN4O. The summed E-state index contributed by atoms with van der Waals surface area (Å²) >= 11 is 0. The summed E-state index contributed by atoms with van der Waals surface area (Å²) in [7, 11) is 0. The second-order valence-electron chi connectivity index (χ2n) is 5.89. The van der Waals surface area contributed by atoms with E-state index in [-0.39, 0.29) is 5.82 Å². The minimum Gasteiger partial charge on any atom is -0.372 e. The van der Waals surface area contributed by atoms with E-state index in [0.29, 0.717) is 18.1 Å². The SMILES string of the molecule is CCCCc1noc(CNc2c(F)cccc2N2CCCC2)n1. The topological polar surface area (TPSA) is 54.2 Å². The fourth-order valence-electron chi connectivity index (χ4n) is 2.87. The quantitative estimate of drug-likeness (QED) is 0.842. The smallest absolute Gasteiger partial charge is 0.245 e. The number of halogens is 1. The zero-order valence-electron chi connectivity index (χ0n) is 13.5. The Kier molecular flexibility index (Phi) is 5.10. The molecule has 1 fully saturated rings. The summed E-state index contributed by atoms with van der Waals surface area (Å²) in [5.74, 6) is 0.962. The van der Waals surface area contributed by atoms with Gasteiger partial charge in [-0.05, 0) is 31.4 Å². The Balaban J connectivity index is 1.68. The number of nitrogens with zero attached hydrogens (tertiary/aromatic N) is 3. The van der Waals surface area contributed by atoms with Crippen LogP contribution in [-0.2, 0) is 13.0 Å². The lowest BCUT2D eigenvalue weighted by Crippen LogP contribution is -2.20. The zero-order valence-corrected chi connectivity index (χ0v) is 13.5. The van der Waals surface area contributed by atoms with Crippen molar-refractivity contribution < 1.29 is 8.91 Å². The highest BCUT2D eigenvalue weighted by molar-refractivity contribution is 5.71. The van der Waals surface area contributed by atoms with Gasteiger partial charge >= 0.3 is 0 Å². The van der Waals surface area contributed by atoms with Crippen molar-refractivity contribution in [1.29, 1.82) is 0 Å². The van der Waals surface area contributed by atoms with E-state index < -0.39 is 0 Å². The number of hydrogen-bond acceptors (Lipinski definition) is 5. The molecule has 3 rings (SSSR count). The molecule has 0 atom stereocenters. The maximum atomic E-state index is 14.2. The van der Waals surface area contributed by atoms with Crippen molar-refractivity contribution in [1.82, 2.24) is 10.1 Å². The number of aromatic nitrogens is 2. The van der Waals surface area contributed by atoms with Gasteiger partial charge in [-0.1, -0.05) is 24.6 Å². The van der Waals surface area contributed by atoms with Crippen molar-refractivity contribution in [2.75, 3.05) is 23.3 Å². The number of aryl methyl sites for hydroxylation is 1. The molecule has 0 bridgehead atoms. The van der Waals surface area contributed by atoms with E-state index in [1.807, 2.05) is 6.07 Å². The third-order valence-electron chi connectivity index (χ3n) is 4.12. The second-order valence-corrected chi connectivity index (χ2v) is 5.89. The van der Waals surface area contributed by atoms with Gasteiger partial charge in [0.15, 0.2) is 5.82 Å². The largest absolute Gasteiger partial charge is 0.372 e. The molecule has 1 aromatic carbocycles. The average Bonchev–Trinajstić information content (AvgIpc) is 3.23. The summed E-state index contributed by atoms with van der Waals surface area (Å²) in [6, 6.07) is 5.18. The summed E-state index contributed by atoms with van der Waals surface area (Å²) < 4.78 is 19.5. The van der Waals surface area contributed by atoms with E-state index in [0.717, 1.165) is 56.7 Å². The fourth-order valence-corrected chi connectivity index (χ4v) is 2.87. The standard InChI is InChI=1S/C17H23FN4O/c1-2-3-9-15-20-16(23-21-15)12-19-17-13(18)7-6-8-14(17)22-10-4-5-11-22/h6-8,19H,2-5,9-12H2,1H3. The van der Waals surface area contributed by atoms with Crippen molar-refractivity contribution in [2.24, 2.45) is 0 Å². The van der Waals surface area contributed by atoms with Gasteiger partial charge in [-0.25, -0.2) is 4.39 Å². The van der Waals surface area contributed by atoms with Crippen LogP contribution in [0.4, 0.5) is 15.8 Å². The van der Waals surface area contributed by atoms with Gasteiger partial charge in [0.2, 0.25) is 5.89 Å². The Morgan fingerprint density at radius 2 is 2.13 bits per heavy atom. The molecule has 5 nitrogen and oxygen atoms in total. The minimum atomic E-state index is -0.250. The van der Waals surface area contributed by atoms with Gasteiger partial charge in [0, 0.05) is 19.5 Å². The van der Waals surface area contributed by atoms with Crippen LogP contribution >= 0.6 is 0 Å². The molecule has 0 saturated carbocycles. The molecule has 2 aromatic rings. The lowest BCUT2D eigenvalue weighted by atomic mass is 10.2. The monoisotopic (exact) mass is 318 g/mol. The molecule has 2 heterocycles. The van der Waals surface area contributed by atoms with Crippen molar-refractivity contribution in [2.45, 2.75) is 45.6 Å². The van der Waals surface area contributed by atoms with Crippen molar-refractivity contribution in [3.05, 3.63) is 35.7 Å². The lowest BCUT2D eigenvalue weighted by Gasteiger charge is -2.22.